The van der Waals surface area contributed by atoms with Crippen molar-refractivity contribution in [1.82, 2.24) is 5.32 Å². The molecule has 118 valence electrons. The third-order valence-electron chi connectivity index (χ3n) is 3.44. The van der Waals surface area contributed by atoms with Gasteiger partial charge in [-0.25, -0.2) is 0 Å². The summed E-state index contributed by atoms with van der Waals surface area (Å²) in [5, 5.41) is 3.19. The van der Waals surface area contributed by atoms with Crippen LogP contribution in [0.25, 0.3) is 0 Å². The molecule has 0 radical (unpaired) electrons. The van der Waals surface area contributed by atoms with Crippen LogP contribution in [0.1, 0.15) is 18.4 Å². The van der Waals surface area contributed by atoms with Crippen LogP contribution in [0.4, 0.5) is 18.9 Å². The van der Waals surface area contributed by atoms with Gasteiger partial charge in [-0.2, -0.15) is 13.2 Å². The molecule has 0 aliphatic heterocycles. The molecule has 0 amide bonds. The highest BCUT2D eigenvalue weighted by Gasteiger charge is 2.38. The SMILES string of the molecule is COCCNCc1ccccc1N(CC(F)(F)F)C1CC1. The predicted molar refractivity (Wildman–Crippen MR) is 76.4 cm³/mol. The number of anilines is 1. The van der Waals surface area contributed by atoms with Crippen molar-refractivity contribution in [2.24, 2.45) is 0 Å². The Bertz CT molecular complexity index is 447. The van der Waals surface area contributed by atoms with E-state index in [0.29, 0.717) is 25.4 Å². The quantitative estimate of drug-likeness (QED) is 0.747. The molecule has 21 heavy (non-hydrogen) atoms. The Morgan fingerprint density at radius 1 is 1.29 bits per heavy atom. The largest absolute Gasteiger partial charge is 0.405 e. The lowest BCUT2D eigenvalue weighted by atomic mass is 10.1. The van der Waals surface area contributed by atoms with Crippen LogP contribution >= 0.6 is 0 Å². The molecular weight excluding hydrogens is 281 g/mol. The molecule has 6 heteroatoms. The van der Waals surface area contributed by atoms with Crippen molar-refractivity contribution >= 4 is 5.69 Å². The number of benzene rings is 1. The molecule has 1 aromatic rings. The van der Waals surface area contributed by atoms with Crippen molar-refractivity contribution in [3.8, 4) is 0 Å². The Hall–Kier alpha value is -1.27. The highest BCUT2D eigenvalue weighted by atomic mass is 19.4. The van der Waals surface area contributed by atoms with Gasteiger partial charge in [-0.1, -0.05) is 18.2 Å². The smallest absolute Gasteiger partial charge is 0.383 e. The summed E-state index contributed by atoms with van der Waals surface area (Å²) in [6.07, 6.45) is -2.51. The monoisotopic (exact) mass is 302 g/mol. The zero-order valence-electron chi connectivity index (χ0n) is 12.1. The summed E-state index contributed by atoms with van der Waals surface area (Å²) >= 11 is 0. The number of para-hydroxylation sites is 1. The van der Waals surface area contributed by atoms with Gasteiger partial charge in [-0.05, 0) is 24.5 Å². The van der Waals surface area contributed by atoms with Crippen molar-refractivity contribution in [2.75, 3.05) is 31.7 Å². The lowest BCUT2D eigenvalue weighted by Gasteiger charge is -2.28. The lowest BCUT2D eigenvalue weighted by Crippen LogP contribution is -2.37. The molecule has 1 aromatic carbocycles. The zero-order chi connectivity index (χ0) is 15.3. The standard InChI is InChI=1S/C15H21F3N2O/c1-21-9-8-19-10-12-4-2-3-5-14(12)20(13-6-7-13)11-15(16,17)18/h2-5,13,19H,6-11H2,1H3. The number of alkyl halides is 3. The molecule has 0 spiro atoms. The summed E-state index contributed by atoms with van der Waals surface area (Å²) in [4.78, 5) is 1.49. The van der Waals surface area contributed by atoms with E-state index in [1.165, 1.54) is 4.90 Å². The van der Waals surface area contributed by atoms with Gasteiger partial charge >= 0.3 is 6.18 Å². The van der Waals surface area contributed by atoms with Crippen LogP contribution < -0.4 is 10.2 Å². The fraction of sp³-hybridized carbons (Fsp3) is 0.600. The molecule has 3 nitrogen and oxygen atoms in total. The normalized spacial score (nSPS) is 15.2. The molecule has 0 atom stereocenters. The zero-order valence-corrected chi connectivity index (χ0v) is 12.1. The summed E-state index contributed by atoms with van der Waals surface area (Å²) in [6.45, 7) is 0.915. The van der Waals surface area contributed by atoms with Crippen molar-refractivity contribution in [2.45, 2.75) is 31.6 Å². The van der Waals surface area contributed by atoms with Crippen molar-refractivity contribution < 1.29 is 17.9 Å². The average molecular weight is 302 g/mol. The first kappa shape index (κ1) is 16.1. The van der Waals surface area contributed by atoms with Gasteiger partial charge in [-0.3, -0.25) is 0 Å². The van der Waals surface area contributed by atoms with Gasteiger partial charge in [0.2, 0.25) is 0 Å². The van der Waals surface area contributed by atoms with Crippen molar-refractivity contribution in [3.63, 3.8) is 0 Å². The van der Waals surface area contributed by atoms with Crippen LogP contribution in [0.15, 0.2) is 24.3 Å². The summed E-state index contributed by atoms with van der Waals surface area (Å²) in [5.41, 5.74) is 1.58. The summed E-state index contributed by atoms with van der Waals surface area (Å²) in [5.74, 6) is 0. The van der Waals surface area contributed by atoms with Gasteiger partial charge in [0.05, 0.1) is 6.61 Å². The van der Waals surface area contributed by atoms with Crippen LogP contribution in [-0.2, 0) is 11.3 Å². The molecule has 0 heterocycles. The van der Waals surface area contributed by atoms with Gasteiger partial charge in [-0.15, -0.1) is 0 Å². The predicted octanol–water partition coefficient (Wildman–Crippen LogP) is 2.95. The number of nitrogens with one attached hydrogen (secondary N) is 1. The minimum absolute atomic E-state index is 0.0201. The van der Waals surface area contributed by atoms with E-state index in [-0.39, 0.29) is 6.04 Å². The molecular formula is C15H21F3N2O. The number of hydrogen-bond donors (Lipinski definition) is 1. The number of nitrogens with zero attached hydrogens (tertiary/aromatic N) is 1. The van der Waals surface area contributed by atoms with E-state index in [4.69, 9.17) is 4.74 Å². The van der Waals surface area contributed by atoms with Gasteiger partial charge in [0, 0.05) is 31.9 Å². The first-order chi connectivity index (χ1) is 10.0. The van der Waals surface area contributed by atoms with Crippen LogP contribution in [0.5, 0.6) is 0 Å². The molecule has 1 aliphatic carbocycles. The van der Waals surface area contributed by atoms with Gasteiger partial charge in [0.15, 0.2) is 0 Å². The van der Waals surface area contributed by atoms with E-state index >= 15 is 0 Å². The molecule has 1 fully saturated rings. The maximum atomic E-state index is 12.8. The summed E-state index contributed by atoms with van der Waals surface area (Å²) < 4.78 is 43.3. The van der Waals surface area contributed by atoms with E-state index in [2.05, 4.69) is 5.32 Å². The average Bonchev–Trinajstić information content (AvgIpc) is 3.25. The van der Waals surface area contributed by atoms with Crippen LogP contribution in [0.3, 0.4) is 0 Å². The Morgan fingerprint density at radius 2 is 2.00 bits per heavy atom. The fourth-order valence-corrected chi connectivity index (χ4v) is 2.33. The maximum Gasteiger partial charge on any atom is 0.405 e. The number of methoxy groups -OCH3 is 1. The fourth-order valence-electron chi connectivity index (χ4n) is 2.33. The molecule has 1 saturated carbocycles. The minimum Gasteiger partial charge on any atom is -0.383 e. The Labute approximate surface area is 123 Å². The molecule has 0 aromatic heterocycles. The van der Waals surface area contributed by atoms with E-state index in [0.717, 1.165) is 18.4 Å². The van der Waals surface area contributed by atoms with Gasteiger partial charge in [0.25, 0.3) is 0 Å². The van der Waals surface area contributed by atoms with Crippen LogP contribution in [-0.4, -0.2) is 39.0 Å². The molecule has 2 rings (SSSR count). The third kappa shape index (κ3) is 5.21. The van der Waals surface area contributed by atoms with Crippen LogP contribution in [0, 0.1) is 0 Å². The van der Waals surface area contributed by atoms with Crippen LogP contribution in [0.2, 0.25) is 0 Å². The molecule has 0 bridgehead atoms. The second-order valence-electron chi connectivity index (χ2n) is 5.27. The van der Waals surface area contributed by atoms with Crippen molar-refractivity contribution in [1.29, 1.82) is 0 Å². The number of hydrogen-bond acceptors (Lipinski definition) is 3. The topological polar surface area (TPSA) is 24.5 Å². The van der Waals surface area contributed by atoms with E-state index in [1.54, 1.807) is 19.2 Å². The highest BCUT2D eigenvalue weighted by molar-refractivity contribution is 5.55. The summed E-state index contributed by atoms with van der Waals surface area (Å²) in [7, 11) is 1.62. The second-order valence-corrected chi connectivity index (χ2v) is 5.27. The van der Waals surface area contributed by atoms with E-state index in [1.807, 2.05) is 12.1 Å². The van der Waals surface area contributed by atoms with Crippen molar-refractivity contribution in [3.05, 3.63) is 29.8 Å². The number of halogens is 3. The minimum atomic E-state index is -4.18. The van der Waals surface area contributed by atoms with E-state index < -0.39 is 12.7 Å². The second kappa shape index (κ2) is 7.13. The first-order valence-corrected chi connectivity index (χ1v) is 7.12. The highest BCUT2D eigenvalue weighted by Crippen LogP contribution is 2.35. The van der Waals surface area contributed by atoms with E-state index in [9.17, 15) is 13.2 Å². The Morgan fingerprint density at radius 3 is 2.62 bits per heavy atom. The molecule has 1 N–H and O–H groups in total. The number of ether oxygens (including phenoxy) is 1. The Balaban J connectivity index is 2.08. The lowest BCUT2D eigenvalue weighted by molar-refractivity contribution is -0.120. The first-order valence-electron chi connectivity index (χ1n) is 7.12. The number of rotatable bonds is 8. The molecule has 0 saturated heterocycles. The van der Waals surface area contributed by atoms with Gasteiger partial charge < -0.3 is 15.0 Å². The van der Waals surface area contributed by atoms with Gasteiger partial charge in [0.1, 0.15) is 6.54 Å². The summed E-state index contributed by atoms with van der Waals surface area (Å²) in [6, 6.07) is 7.32. The Kier molecular flexibility index (Phi) is 5.47. The molecule has 1 aliphatic rings. The third-order valence-corrected chi connectivity index (χ3v) is 3.44. The maximum absolute atomic E-state index is 12.8. The molecule has 0 unspecified atom stereocenters.